The first-order valence-corrected chi connectivity index (χ1v) is 8.75. The lowest BCUT2D eigenvalue weighted by atomic mass is 10.1. The Morgan fingerprint density at radius 1 is 1.00 bits per heavy atom. The van der Waals surface area contributed by atoms with Gasteiger partial charge in [0.15, 0.2) is 0 Å². The van der Waals surface area contributed by atoms with Gasteiger partial charge in [0, 0.05) is 12.7 Å². The number of carbonyl (C=O) groups excluding carboxylic acids is 1. The number of carbonyl (C=O) groups is 1. The molecule has 0 saturated heterocycles. The first-order valence-electron chi connectivity index (χ1n) is 7.87. The Kier molecular flexibility index (Phi) is 5.80. The molecule has 1 atom stereocenters. The molecule has 0 unspecified atom stereocenters. The summed E-state index contributed by atoms with van der Waals surface area (Å²) in [5.41, 5.74) is 1.76. The highest BCUT2D eigenvalue weighted by atomic mass is 32.2. The van der Waals surface area contributed by atoms with Gasteiger partial charge >= 0.3 is 0 Å². The summed E-state index contributed by atoms with van der Waals surface area (Å²) in [6, 6.07) is 21.3. The molecule has 1 N–H and O–H groups in total. The van der Waals surface area contributed by atoms with E-state index in [-0.39, 0.29) is 11.7 Å². The molecule has 0 fully saturated rings. The van der Waals surface area contributed by atoms with E-state index in [4.69, 9.17) is 0 Å². The molecule has 0 aliphatic heterocycles. The Morgan fingerprint density at radius 2 is 1.72 bits per heavy atom. The average Bonchev–Trinajstić information content (AvgIpc) is 2.67. The van der Waals surface area contributed by atoms with Crippen LogP contribution in [0.25, 0.3) is 0 Å². The Balaban J connectivity index is 1.74. The summed E-state index contributed by atoms with van der Waals surface area (Å²) in [7, 11) is 0. The standard InChI is InChI=1S/C20H17FN2OS/c21-17-11-9-15(10-12-17)14-23-20(24)19(16-6-2-1-3-7-16)25-18-8-4-5-13-22-18/h1-13,19H,14H2,(H,23,24)/t19-/m1/s1. The van der Waals surface area contributed by atoms with Crippen molar-refractivity contribution in [1.29, 1.82) is 0 Å². The smallest absolute Gasteiger partial charge is 0.238 e. The molecular formula is C20H17FN2OS. The van der Waals surface area contributed by atoms with Crippen LogP contribution >= 0.6 is 11.8 Å². The molecule has 2 aromatic carbocycles. The summed E-state index contributed by atoms with van der Waals surface area (Å²) in [4.78, 5) is 17.1. The third-order valence-corrected chi connectivity index (χ3v) is 4.80. The van der Waals surface area contributed by atoms with E-state index >= 15 is 0 Å². The van der Waals surface area contributed by atoms with Crippen LogP contribution in [0.5, 0.6) is 0 Å². The van der Waals surface area contributed by atoms with Crippen molar-refractivity contribution >= 4 is 17.7 Å². The number of nitrogens with zero attached hydrogens (tertiary/aromatic N) is 1. The minimum atomic E-state index is -0.406. The maximum absolute atomic E-state index is 13.0. The van der Waals surface area contributed by atoms with Crippen molar-refractivity contribution in [1.82, 2.24) is 10.3 Å². The summed E-state index contributed by atoms with van der Waals surface area (Å²) in [5.74, 6) is -0.394. The highest BCUT2D eigenvalue weighted by Gasteiger charge is 2.22. The number of rotatable bonds is 6. The van der Waals surface area contributed by atoms with Gasteiger partial charge in [-0.25, -0.2) is 9.37 Å². The topological polar surface area (TPSA) is 42.0 Å². The quantitative estimate of drug-likeness (QED) is 0.670. The molecule has 0 spiro atoms. The minimum Gasteiger partial charge on any atom is -0.351 e. The Bertz CT molecular complexity index is 810. The van der Waals surface area contributed by atoms with Gasteiger partial charge in [0.05, 0.1) is 5.03 Å². The van der Waals surface area contributed by atoms with Gasteiger partial charge in [-0.05, 0) is 35.4 Å². The molecule has 3 nitrogen and oxygen atoms in total. The lowest BCUT2D eigenvalue weighted by Gasteiger charge is -2.16. The second-order valence-electron chi connectivity index (χ2n) is 5.42. The number of benzene rings is 2. The molecule has 0 aliphatic carbocycles. The van der Waals surface area contributed by atoms with Crippen molar-refractivity contribution in [3.63, 3.8) is 0 Å². The van der Waals surface area contributed by atoms with Crippen molar-refractivity contribution in [2.24, 2.45) is 0 Å². The van der Waals surface area contributed by atoms with E-state index in [1.54, 1.807) is 18.3 Å². The number of hydrogen-bond donors (Lipinski definition) is 1. The normalized spacial score (nSPS) is 11.7. The molecule has 1 aromatic heterocycles. The molecule has 1 amide bonds. The van der Waals surface area contributed by atoms with Gasteiger partial charge in [-0.3, -0.25) is 4.79 Å². The van der Waals surface area contributed by atoms with E-state index < -0.39 is 5.25 Å². The van der Waals surface area contributed by atoms with Crippen molar-refractivity contribution in [2.45, 2.75) is 16.8 Å². The van der Waals surface area contributed by atoms with Gasteiger partial charge in [-0.15, -0.1) is 0 Å². The predicted octanol–water partition coefficient (Wildman–Crippen LogP) is 4.37. The van der Waals surface area contributed by atoms with Gasteiger partial charge in [-0.2, -0.15) is 0 Å². The lowest BCUT2D eigenvalue weighted by molar-refractivity contribution is -0.120. The first kappa shape index (κ1) is 17.2. The van der Waals surface area contributed by atoms with Crippen LogP contribution in [0, 0.1) is 5.82 Å². The van der Waals surface area contributed by atoms with Gasteiger partial charge in [0.1, 0.15) is 11.1 Å². The molecule has 3 rings (SSSR count). The molecule has 0 radical (unpaired) electrons. The molecule has 25 heavy (non-hydrogen) atoms. The third kappa shape index (κ3) is 4.90. The monoisotopic (exact) mass is 352 g/mol. The second kappa shape index (κ2) is 8.44. The van der Waals surface area contributed by atoms with Crippen LogP contribution in [0.1, 0.15) is 16.4 Å². The number of thioether (sulfide) groups is 1. The van der Waals surface area contributed by atoms with E-state index in [1.807, 2.05) is 48.5 Å². The Morgan fingerprint density at radius 3 is 2.40 bits per heavy atom. The summed E-state index contributed by atoms with van der Waals surface area (Å²) >= 11 is 1.40. The molecule has 126 valence electrons. The largest absolute Gasteiger partial charge is 0.351 e. The van der Waals surface area contributed by atoms with Crippen LogP contribution in [0.3, 0.4) is 0 Å². The van der Waals surface area contributed by atoms with Crippen LogP contribution < -0.4 is 5.32 Å². The van der Waals surface area contributed by atoms with E-state index in [0.29, 0.717) is 6.54 Å². The van der Waals surface area contributed by atoms with Crippen LogP contribution in [0.4, 0.5) is 4.39 Å². The fraction of sp³-hybridized carbons (Fsp3) is 0.100. The predicted molar refractivity (Wildman–Crippen MR) is 97.5 cm³/mol. The van der Waals surface area contributed by atoms with E-state index in [0.717, 1.165) is 16.2 Å². The molecular weight excluding hydrogens is 335 g/mol. The zero-order valence-corrected chi connectivity index (χ0v) is 14.2. The van der Waals surface area contributed by atoms with Crippen LogP contribution in [0.15, 0.2) is 84.0 Å². The number of aromatic nitrogens is 1. The molecule has 0 saturated carbocycles. The molecule has 1 heterocycles. The number of halogens is 1. The Hall–Kier alpha value is -2.66. The van der Waals surface area contributed by atoms with Crippen molar-refractivity contribution in [2.75, 3.05) is 0 Å². The van der Waals surface area contributed by atoms with E-state index in [2.05, 4.69) is 10.3 Å². The van der Waals surface area contributed by atoms with Gasteiger partial charge in [0.25, 0.3) is 0 Å². The fourth-order valence-corrected chi connectivity index (χ4v) is 3.33. The van der Waals surface area contributed by atoms with E-state index in [1.165, 1.54) is 23.9 Å². The highest BCUT2D eigenvalue weighted by Crippen LogP contribution is 2.34. The number of nitrogens with one attached hydrogen (secondary N) is 1. The van der Waals surface area contributed by atoms with Crippen LogP contribution in [0.2, 0.25) is 0 Å². The summed E-state index contributed by atoms with van der Waals surface area (Å²) in [5, 5.41) is 3.31. The number of hydrogen-bond acceptors (Lipinski definition) is 3. The van der Waals surface area contributed by atoms with Crippen molar-refractivity contribution in [3.05, 3.63) is 95.9 Å². The second-order valence-corrected chi connectivity index (χ2v) is 6.55. The molecule has 0 bridgehead atoms. The minimum absolute atomic E-state index is 0.105. The van der Waals surface area contributed by atoms with Gasteiger partial charge in [-0.1, -0.05) is 60.3 Å². The van der Waals surface area contributed by atoms with E-state index in [9.17, 15) is 9.18 Å². The van der Waals surface area contributed by atoms with Crippen LogP contribution in [-0.2, 0) is 11.3 Å². The summed E-state index contributed by atoms with van der Waals surface area (Å²) in [6.07, 6.45) is 1.71. The zero-order valence-electron chi connectivity index (χ0n) is 13.4. The zero-order chi connectivity index (χ0) is 17.5. The lowest BCUT2D eigenvalue weighted by Crippen LogP contribution is -2.27. The van der Waals surface area contributed by atoms with Gasteiger partial charge in [0.2, 0.25) is 5.91 Å². The third-order valence-electron chi connectivity index (χ3n) is 3.60. The van der Waals surface area contributed by atoms with Gasteiger partial charge < -0.3 is 5.32 Å². The summed E-state index contributed by atoms with van der Waals surface area (Å²) < 4.78 is 13.0. The average molecular weight is 352 g/mol. The van der Waals surface area contributed by atoms with Crippen LogP contribution in [-0.4, -0.2) is 10.9 Å². The Labute approximate surface area is 150 Å². The first-order chi connectivity index (χ1) is 12.2. The number of amides is 1. The van der Waals surface area contributed by atoms with Crippen molar-refractivity contribution < 1.29 is 9.18 Å². The molecule has 3 aromatic rings. The maximum Gasteiger partial charge on any atom is 0.238 e. The highest BCUT2D eigenvalue weighted by molar-refractivity contribution is 8.00. The van der Waals surface area contributed by atoms with Crippen molar-refractivity contribution in [3.8, 4) is 0 Å². The number of pyridine rings is 1. The SMILES string of the molecule is O=C(NCc1ccc(F)cc1)[C@H](Sc1ccccn1)c1ccccc1. The maximum atomic E-state index is 13.0. The molecule has 0 aliphatic rings. The summed E-state index contributed by atoms with van der Waals surface area (Å²) in [6.45, 7) is 0.352. The molecule has 5 heteroatoms. The fourth-order valence-electron chi connectivity index (χ4n) is 2.32.